The second kappa shape index (κ2) is 10.3. The second-order valence-electron chi connectivity index (χ2n) is 5.18. The quantitative estimate of drug-likeness (QED) is 0.481. The van der Waals surface area contributed by atoms with E-state index < -0.39 is 0 Å². The maximum Gasteiger partial charge on any atom is 0.122 e. The molecule has 1 atom stereocenters. The lowest BCUT2D eigenvalue weighted by Crippen LogP contribution is -2.21. The molecular weight excluding hydrogens is 262 g/mol. The summed E-state index contributed by atoms with van der Waals surface area (Å²) in [5, 5.41) is 3.56. The van der Waals surface area contributed by atoms with E-state index in [2.05, 4.69) is 31.0 Å². The molecule has 0 aliphatic rings. The van der Waals surface area contributed by atoms with Crippen molar-refractivity contribution in [3.63, 3.8) is 0 Å². The predicted octanol–water partition coefficient (Wildman–Crippen LogP) is 4.49. The lowest BCUT2D eigenvalue weighted by Gasteiger charge is -2.20. The van der Waals surface area contributed by atoms with Crippen LogP contribution in [0.1, 0.15) is 50.6 Å². The van der Waals surface area contributed by atoms with Gasteiger partial charge in [0, 0.05) is 12.1 Å². The molecule has 1 N–H and O–H groups in total. The third-order valence-electron chi connectivity index (χ3n) is 3.63. The van der Waals surface area contributed by atoms with Gasteiger partial charge < -0.3 is 14.8 Å². The van der Waals surface area contributed by atoms with Crippen molar-refractivity contribution < 1.29 is 9.47 Å². The van der Waals surface area contributed by atoms with Crippen LogP contribution < -0.4 is 14.8 Å². The second-order valence-corrected chi connectivity index (χ2v) is 5.18. The standard InChI is InChI=1S/C18H29NO2/c1-5-7-8-9-10-11-18(19-6-2)15-12-16(20-3)14-17(13-15)21-4/h5,12-14,18-19H,1,6-11H2,2-4H3. The number of nitrogens with one attached hydrogen (secondary N) is 1. The normalized spacial score (nSPS) is 12.0. The molecular formula is C18H29NO2. The minimum atomic E-state index is 0.350. The van der Waals surface area contributed by atoms with Crippen LogP contribution in [0.2, 0.25) is 0 Å². The highest BCUT2D eigenvalue weighted by atomic mass is 16.5. The Kier molecular flexibility index (Phi) is 8.60. The molecule has 3 heteroatoms. The molecule has 0 spiro atoms. The van der Waals surface area contributed by atoms with E-state index in [1.807, 2.05) is 12.1 Å². The van der Waals surface area contributed by atoms with Crippen molar-refractivity contribution in [1.82, 2.24) is 5.32 Å². The fourth-order valence-corrected chi connectivity index (χ4v) is 2.48. The van der Waals surface area contributed by atoms with Crippen LogP contribution in [0, 0.1) is 0 Å². The predicted molar refractivity (Wildman–Crippen MR) is 89.2 cm³/mol. The van der Waals surface area contributed by atoms with Gasteiger partial charge in [-0.3, -0.25) is 0 Å². The largest absolute Gasteiger partial charge is 0.497 e. The van der Waals surface area contributed by atoms with Gasteiger partial charge in [0.15, 0.2) is 0 Å². The summed E-state index contributed by atoms with van der Waals surface area (Å²) in [6, 6.07) is 6.46. The van der Waals surface area contributed by atoms with Crippen LogP contribution in [0.15, 0.2) is 30.9 Å². The van der Waals surface area contributed by atoms with E-state index in [0.717, 1.165) is 30.9 Å². The van der Waals surface area contributed by atoms with Crippen LogP contribution in [-0.2, 0) is 0 Å². The van der Waals surface area contributed by atoms with Crippen molar-refractivity contribution in [2.75, 3.05) is 20.8 Å². The van der Waals surface area contributed by atoms with Crippen molar-refractivity contribution in [1.29, 1.82) is 0 Å². The average Bonchev–Trinajstić information content (AvgIpc) is 2.53. The Hall–Kier alpha value is -1.48. The Bertz CT molecular complexity index is 395. The zero-order valence-electron chi connectivity index (χ0n) is 13.7. The molecule has 1 unspecified atom stereocenters. The lowest BCUT2D eigenvalue weighted by molar-refractivity contribution is 0.390. The molecule has 0 radical (unpaired) electrons. The van der Waals surface area contributed by atoms with Crippen molar-refractivity contribution in [2.24, 2.45) is 0 Å². The topological polar surface area (TPSA) is 30.5 Å². The molecule has 0 aromatic heterocycles. The van der Waals surface area contributed by atoms with Crippen molar-refractivity contribution >= 4 is 0 Å². The molecule has 0 bridgehead atoms. The average molecular weight is 291 g/mol. The van der Waals surface area contributed by atoms with Crippen LogP contribution in [0.3, 0.4) is 0 Å². The summed E-state index contributed by atoms with van der Waals surface area (Å²) < 4.78 is 10.7. The van der Waals surface area contributed by atoms with Gasteiger partial charge in [-0.25, -0.2) is 0 Å². The van der Waals surface area contributed by atoms with Gasteiger partial charge in [-0.15, -0.1) is 6.58 Å². The number of unbranched alkanes of at least 4 members (excludes halogenated alkanes) is 3. The summed E-state index contributed by atoms with van der Waals surface area (Å²) in [7, 11) is 3.38. The summed E-state index contributed by atoms with van der Waals surface area (Å²) in [5.41, 5.74) is 1.23. The van der Waals surface area contributed by atoms with E-state index in [0.29, 0.717) is 6.04 Å². The number of hydrogen-bond acceptors (Lipinski definition) is 3. The summed E-state index contributed by atoms with van der Waals surface area (Å²) in [6.45, 7) is 6.86. The zero-order chi connectivity index (χ0) is 15.5. The van der Waals surface area contributed by atoms with E-state index in [1.54, 1.807) is 14.2 Å². The van der Waals surface area contributed by atoms with Crippen LogP contribution in [0.5, 0.6) is 11.5 Å². The molecule has 0 aliphatic heterocycles. The maximum atomic E-state index is 5.36. The van der Waals surface area contributed by atoms with Crippen LogP contribution >= 0.6 is 0 Å². The first-order chi connectivity index (χ1) is 10.2. The first-order valence-corrected chi connectivity index (χ1v) is 7.82. The molecule has 0 saturated heterocycles. The fraction of sp³-hybridized carbons (Fsp3) is 0.556. The summed E-state index contributed by atoms with van der Waals surface area (Å²) in [6.07, 6.45) is 7.92. The first-order valence-electron chi connectivity index (χ1n) is 7.82. The fourth-order valence-electron chi connectivity index (χ4n) is 2.48. The summed E-state index contributed by atoms with van der Waals surface area (Å²) in [5.74, 6) is 1.69. The van der Waals surface area contributed by atoms with Gasteiger partial charge in [-0.2, -0.15) is 0 Å². The van der Waals surface area contributed by atoms with Gasteiger partial charge in [-0.05, 0) is 43.5 Å². The number of benzene rings is 1. The highest BCUT2D eigenvalue weighted by molar-refractivity contribution is 5.39. The zero-order valence-corrected chi connectivity index (χ0v) is 13.7. The van der Waals surface area contributed by atoms with Crippen molar-refractivity contribution in [3.8, 4) is 11.5 Å². The number of allylic oxidation sites excluding steroid dienone is 1. The molecule has 0 heterocycles. The Labute approximate surface area is 129 Å². The first kappa shape index (κ1) is 17.6. The highest BCUT2D eigenvalue weighted by Gasteiger charge is 2.12. The summed E-state index contributed by atoms with van der Waals surface area (Å²) >= 11 is 0. The Balaban J connectivity index is 2.71. The molecule has 1 rings (SSSR count). The van der Waals surface area contributed by atoms with Crippen LogP contribution in [0.4, 0.5) is 0 Å². The third-order valence-corrected chi connectivity index (χ3v) is 3.63. The third kappa shape index (κ3) is 6.21. The lowest BCUT2D eigenvalue weighted by atomic mass is 9.99. The van der Waals surface area contributed by atoms with E-state index >= 15 is 0 Å². The SMILES string of the molecule is C=CCCCCCC(NCC)c1cc(OC)cc(OC)c1. The van der Waals surface area contributed by atoms with E-state index in [4.69, 9.17) is 9.47 Å². The molecule has 0 fully saturated rings. The van der Waals surface area contributed by atoms with E-state index in [9.17, 15) is 0 Å². The van der Waals surface area contributed by atoms with Crippen molar-refractivity contribution in [3.05, 3.63) is 36.4 Å². The molecule has 0 saturated carbocycles. The molecule has 118 valence electrons. The molecule has 1 aromatic carbocycles. The van der Waals surface area contributed by atoms with Gasteiger partial charge in [0.2, 0.25) is 0 Å². The number of ether oxygens (including phenoxy) is 2. The van der Waals surface area contributed by atoms with Gasteiger partial charge in [-0.1, -0.05) is 25.8 Å². The minimum Gasteiger partial charge on any atom is -0.497 e. The number of methoxy groups -OCH3 is 2. The molecule has 1 aromatic rings. The maximum absolute atomic E-state index is 5.36. The van der Waals surface area contributed by atoms with E-state index in [-0.39, 0.29) is 0 Å². The number of hydrogen-bond donors (Lipinski definition) is 1. The molecule has 21 heavy (non-hydrogen) atoms. The Morgan fingerprint density at radius 2 is 1.76 bits per heavy atom. The van der Waals surface area contributed by atoms with Crippen LogP contribution in [-0.4, -0.2) is 20.8 Å². The van der Waals surface area contributed by atoms with Gasteiger partial charge >= 0.3 is 0 Å². The Morgan fingerprint density at radius 1 is 1.10 bits per heavy atom. The van der Waals surface area contributed by atoms with Gasteiger partial charge in [0.25, 0.3) is 0 Å². The van der Waals surface area contributed by atoms with Gasteiger partial charge in [0.1, 0.15) is 11.5 Å². The van der Waals surface area contributed by atoms with Crippen LogP contribution in [0.25, 0.3) is 0 Å². The monoisotopic (exact) mass is 291 g/mol. The molecule has 0 amide bonds. The smallest absolute Gasteiger partial charge is 0.122 e. The highest BCUT2D eigenvalue weighted by Crippen LogP contribution is 2.29. The molecule has 3 nitrogen and oxygen atoms in total. The Morgan fingerprint density at radius 3 is 2.29 bits per heavy atom. The van der Waals surface area contributed by atoms with Crippen molar-refractivity contribution in [2.45, 2.75) is 45.1 Å². The molecule has 0 aliphatic carbocycles. The minimum absolute atomic E-state index is 0.350. The van der Waals surface area contributed by atoms with E-state index in [1.165, 1.54) is 24.8 Å². The number of rotatable bonds is 11. The summed E-state index contributed by atoms with van der Waals surface area (Å²) in [4.78, 5) is 0. The van der Waals surface area contributed by atoms with Gasteiger partial charge in [0.05, 0.1) is 14.2 Å².